The van der Waals surface area contributed by atoms with E-state index in [2.05, 4.69) is 153 Å². The van der Waals surface area contributed by atoms with Gasteiger partial charge in [-0.25, -0.2) is 0 Å². The first-order valence-electron chi connectivity index (χ1n) is 20.6. The average Bonchev–Trinajstić information content (AvgIpc) is 3.15. The number of nitrogens with one attached hydrogen (secondary N) is 2. The summed E-state index contributed by atoms with van der Waals surface area (Å²) < 4.78 is 0. The maximum Gasteiger partial charge on any atom is 0.220 e. The van der Waals surface area contributed by atoms with Gasteiger partial charge >= 0.3 is 0 Å². The monoisotopic (exact) mass is 713 g/mol. The molecule has 0 aromatic rings. The number of carbonyl (C=O) groups excluding carboxylic acids is 2. The Morgan fingerprint density at radius 1 is 0.385 bits per heavy atom. The van der Waals surface area contributed by atoms with Gasteiger partial charge < -0.3 is 10.6 Å². The van der Waals surface area contributed by atoms with E-state index in [4.69, 9.17) is 0 Å². The van der Waals surface area contributed by atoms with Crippen LogP contribution in [0.5, 0.6) is 0 Å². The number of amides is 2. The summed E-state index contributed by atoms with van der Waals surface area (Å²) in [6.45, 7) is 7.59. The first-order chi connectivity index (χ1) is 25.6. The fourth-order valence-corrected chi connectivity index (χ4v) is 5.01. The van der Waals surface area contributed by atoms with Crippen LogP contribution >= 0.6 is 0 Å². The van der Waals surface area contributed by atoms with Crippen LogP contribution in [0.3, 0.4) is 0 Å². The lowest BCUT2D eigenvalue weighted by atomic mass is 10.1. The normalized spacial score (nSPS) is 13.0. The minimum absolute atomic E-state index is 0.112. The van der Waals surface area contributed by atoms with Crippen LogP contribution in [0.2, 0.25) is 0 Å². The van der Waals surface area contributed by atoms with Crippen molar-refractivity contribution >= 4 is 11.8 Å². The van der Waals surface area contributed by atoms with Crippen LogP contribution in [0.25, 0.3) is 0 Å². The van der Waals surface area contributed by atoms with Crippen molar-refractivity contribution in [3.63, 3.8) is 0 Å². The van der Waals surface area contributed by atoms with E-state index in [9.17, 15) is 9.59 Å². The summed E-state index contributed by atoms with van der Waals surface area (Å²) in [5.74, 6) is 0.444. The fraction of sp³-hybridized carbons (Fsp3) is 0.542. The summed E-state index contributed by atoms with van der Waals surface area (Å²) in [5, 5.41) is 6.06. The number of carbonyl (C=O) groups is 2. The van der Waals surface area contributed by atoms with Crippen molar-refractivity contribution in [1.29, 1.82) is 0 Å². The molecular formula is C48H76N2O2. The minimum Gasteiger partial charge on any atom is -0.356 e. The van der Waals surface area contributed by atoms with Crippen molar-refractivity contribution in [2.24, 2.45) is 5.92 Å². The molecule has 52 heavy (non-hydrogen) atoms. The second kappa shape index (κ2) is 41.8. The Balaban J connectivity index is 3.63. The summed E-state index contributed by atoms with van der Waals surface area (Å²) in [7, 11) is 0. The number of hydrogen-bond donors (Lipinski definition) is 2. The zero-order valence-electron chi connectivity index (χ0n) is 33.5. The van der Waals surface area contributed by atoms with E-state index in [0.29, 0.717) is 25.9 Å². The number of allylic oxidation sites excluding steroid dienone is 20. The summed E-state index contributed by atoms with van der Waals surface area (Å²) in [6.07, 6.45) is 64.1. The van der Waals surface area contributed by atoms with Gasteiger partial charge in [-0.15, -0.1) is 0 Å². The molecule has 0 aromatic carbocycles. The highest BCUT2D eigenvalue weighted by molar-refractivity contribution is 5.76. The van der Waals surface area contributed by atoms with Crippen molar-refractivity contribution in [1.82, 2.24) is 10.6 Å². The van der Waals surface area contributed by atoms with Gasteiger partial charge in [0.25, 0.3) is 0 Å². The van der Waals surface area contributed by atoms with Gasteiger partial charge in [-0.1, -0.05) is 155 Å². The van der Waals surface area contributed by atoms with Crippen LogP contribution in [0.1, 0.15) is 149 Å². The molecule has 0 aliphatic heterocycles. The largest absolute Gasteiger partial charge is 0.356 e. The highest BCUT2D eigenvalue weighted by atomic mass is 16.2. The third kappa shape index (κ3) is 40.8. The molecule has 0 radical (unpaired) electrons. The Labute approximate surface area is 320 Å². The molecule has 0 spiro atoms. The Morgan fingerprint density at radius 3 is 0.942 bits per heavy atom. The van der Waals surface area contributed by atoms with E-state index in [1.165, 1.54) is 0 Å². The third-order valence-corrected chi connectivity index (χ3v) is 8.16. The molecule has 2 N–H and O–H groups in total. The van der Waals surface area contributed by atoms with Gasteiger partial charge in [0.2, 0.25) is 11.8 Å². The summed E-state index contributed by atoms with van der Waals surface area (Å²) >= 11 is 0. The molecule has 0 atom stereocenters. The Bertz CT molecular complexity index is 1040. The van der Waals surface area contributed by atoms with Crippen LogP contribution in [-0.2, 0) is 9.59 Å². The predicted octanol–water partition coefficient (Wildman–Crippen LogP) is 13.3. The molecule has 0 saturated carbocycles. The first kappa shape index (κ1) is 48.3. The van der Waals surface area contributed by atoms with Crippen LogP contribution in [0, 0.1) is 5.92 Å². The fourth-order valence-electron chi connectivity index (χ4n) is 5.01. The topological polar surface area (TPSA) is 58.2 Å². The lowest BCUT2D eigenvalue weighted by molar-refractivity contribution is -0.121. The van der Waals surface area contributed by atoms with Gasteiger partial charge in [0.1, 0.15) is 0 Å². The molecule has 0 aliphatic rings. The number of rotatable bonds is 34. The van der Waals surface area contributed by atoms with Crippen LogP contribution in [-0.4, -0.2) is 24.9 Å². The third-order valence-electron chi connectivity index (χ3n) is 8.16. The maximum absolute atomic E-state index is 12.2. The molecular weight excluding hydrogens is 637 g/mol. The quantitative estimate of drug-likeness (QED) is 0.0515. The van der Waals surface area contributed by atoms with Crippen molar-refractivity contribution in [3.8, 4) is 0 Å². The molecule has 0 aliphatic carbocycles. The molecule has 4 nitrogen and oxygen atoms in total. The SMILES string of the molecule is CC/C=C\C/C=C\C/C=C\C/C=C\C/C=C\CCCCCC(=O)NCC(C)CNC(=O)CCCCC/C=C\C/C=C\C/C=C\C/C=C\C/C=C\CC. The molecule has 0 heterocycles. The van der Waals surface area contributed by atoms with Crippen LogP contribution in [0.15, 0.2) is 122 Å². The number of hydrogen-bond acceptors (Lipinski definition) is 2. The van der Waals surface area contributed by atoms with E-state index >= 15 is 0 Å². The summed E-state index contributed by atoms with van der Waals surface area (Å²) in [5.41, 5.74) is 0. The zero-order valence-corrected chi connectivity index (χ0v) is 33.5. The Kier molecular flexibility index (Phi) is 38.8. The minimum atomic E-state index is 0.112. The highest BCUT2D eigenvalue weighted by Crippen LogP contribution is 2.06. The van der Waals surface area contributed by atoms with E-state index in [1.807, 2.05) is 0 Å². The van der Waals surface area contributed by atoms with Gasteiger partial charge in [-0.3, -0.25) is 9.59 Å². The van der Waals surface area contributed by atoms with Gasteiger partial charge in [0, 0.05) is 25.9 Å². The molecule has 0 aromatic heterocycles. The average molecular weight is 713 g/mol. The maximum atomic E-state index is 12.2. The van der Waals surface area contributed by atoms with E-state index < -0.39 is 0 Å². The first-order valence-corrected chi connectivity index (χ1v) is 20.6. The molecule has 2 amide bonds. The van der Waals surface area contributed by atoms with Crippen molar-refractivity contribution in [3.05, 3.63) is 122 Å². The lowest BCUT2D eigenvalue weighted by Crippen LogP contribution is -2.35. The van der Waals surface area contributed by atoms with Crippen LogP contribution in [0.4, 0.5) is 0 Å². The smallest absolute Gasteiger partial charge is 0.220 e. The van der Waals surface area contributed by atoms with Gasteiger partial charge in [-0.2, -0.15) is 0 Å². The van der Waals surface area contributed by atoms with Gasteiger partial charge in [-0.05, 0) is 109 Å². The Hall–Kier alpha value is -3.66. The molecule has 0 bridgehead atoms. The van der Waals surface area contributed by atoms with Crippen molar-refractivity contribution < 1.29 is 9.59 Å². The molecule has 290 valence electrons. The second-order valence-corrected chi connectivity index (χ2v) is 13.3. The highest BCUT2D eigenvalue weighted by Gasteiger charge is 2.08. The molecule has 4 heteroatoms. The molecule has 0 fully saturated rings. The van der Waals surface area contributed by atoms with E-state index in [-0.39, 0.29) is 17.7 Å². The van der Waals surface area contributed by atoms with Crippen molar-refractivity contribution in [2.75, 3.05) is 13.1 Å². The van der Waals surface area contributed by atoms with Crippen molar-refractivity contribution in [2.45, 2.75) is 149 Å². The molecule has 0 rings (SSSR count). The predicted molar refractivity (Wildman–Crippen MR) is 230 cm³/mol. The molecule has 0 unspecified atom stereocenters. The second-order valence-electron chi connectivity index (χ2n) is 13.3. The summed E-state index contributed by atoms with van der Waals surface area (Å²) in [6, 6.07) is 0. The van der Waals surface area contributed by atoms with E-state index in [0.717, 1.165) is 116 Å². The summed E-state index contributed by atoms with van der Waals surface area (Å²) in [4.78, 5) is 24.4. The Morgan fingerprint density at radius 2 is 0.654 bits per heavy atom. The number of unbranched alkanes of at least 4 members (excludes halogenated alkanes) is 6. The van der Waals surface area contributed by atoms with Crippen LogP contribution < -0.4 is 10.6 Å². The standard InChI is InChI=1S/C48H76N2O2/c1-4-6-8-10-12-14-16-18-20-22-24-26-28-30-32-34-36-38-40-42-47(51)49-44-46(3)45-50-48(52)43-41-39-37-35-33-31-29-27-25-23-21-19-17-15-13-11-9-7-5-2/h6-9,12-15,18-21,24-27,30-33,46H,4-5,10-11,16-17,22-23,28-29,34-45H2,1-3H3,(H,49,51)(H,50,52)/b8-6-,9-7-,14-12-,15-13-,20-18-,21-19-,26-24-,27-25-,32-30-,33-31-. The molecule has 0 saturated heterocycles. The van der Waals surface area contributed by atoms with Gasteiger partial charge in [0.05, 0.1) is 0 Å². The van der Waals surface area contributed by atoms with E-state index in [1.54, 1.807) is 0 Å². The lowest BCUT2D eigenvalue weighted by Gasteiger charge is -2.14. The zero-order chi connectivity index (χ0) is 37.8. The van der Waals surface area contributed by atoms with Gasteiger partial charge in [0.15, 0.2) is 0 Å².